The van der Waals surface area contributed by atoms with Crippen molar-refractivity contribution in [2.75, 3.05) is 0 Å². The number of hydrogen-bond donors (Lipinski definition) is 2. The molecule has 1 aliphatic rings. The van der Waals surface area contributed by atoms with Crippen molar-refractivity contribution in [2.24, 2.45) is 0 Å². The number of amides is 2. The molecule has 0 bridgehead atoms. The van der Waals surface area contributed by atoms with Crippen LogP contribution in [-0.4, -0.2) is 38.6 Å². The van der Waals surface area contributed by atoms with E-state index >= 15 is 0 Å². The van der Waals surface area contributed by atoms with Gasteiger partial charge in [-0.1, -0.05) is 0 Å². The normalized spacial score (nSPS) is 21.2. The number of rotatable bonds is 2. The van der Waals surface area contributed by atoms with Crippen LogP contribution in [0.25, 0.3) is 0 Å². The molecule has 0 aliphatic carbocycles. The predicted octanol–water partition coefficient (Wildman–Crippen LogP) is 1.07. The van der Waals surface area contributed by atoms with Gasteiger partial charge in [-0.2, -0.15) is 0 Å². The monoisotopic (exact) mass is 337 g/mol. The third-order valence-corrected chi connectivity index (χ3v) is 3.80. The Morgan fingerprint density at radius 1 is 1.38 bits per heavy atom. The molecule has 2 amide bonds. The summed E-state index contributed by atoms with van der Waals surface area (Å²) in [4.78, 5) is 33.9. The van der Waals surface area contributed by atoms with Crippen LogP contribution in [0, 0.1) is 10.1 Å². The van der Waals surface area contributed by atoms with E-state index in [-0.39, 0.29) is 11.3 Å². The predicted molar refractivity (Wildman–Crippen MR) is 82.9 cm³/mol. The van der Waals surface area contributed by atoms with Gasteiger partial charge in [0.2, 0.25) is 11.8 Å². The molecule has 0 unspecified atom stereocenters. The molecule has 2 rings (SSSR count). The fraction of sp³-hybridized carbons (Fsp3) is 0.467. The van der Waals surface area contributed by atoms with E-state index in [2.05, 4.69) is 5.43 Å². The topological polar surface area (TPSA) is 122 Å². The molecule has 0 saturated heterocycles. The van der Waals surface area contributed by atoms with Crippen LogP contribution >= 0.6 is 0 Å². The van der Waals surface area contributed by atoms with Crippen molar-refractivity contribution in [1.29, 1.82) is 0 Å². The number of nitro groups is 1. The molecular formula is C15H19N3O6. The van der Waals surface area contributed by atoms with Gasteiger partial charge in [0, 0.05) is 31.5 Å². The molecule has 1 heterocycles. The number of hydrogen-bond acceptors (Lipinski definition) is 6. The third kappa shape index (κ3) is 3.16. The summed E-state index contributed by atoms with van der Waals surface area (Å²) in [6.07, 6.45) is -1.22. The van der Waals surface area contributed by atoms with Gasteiger partial charge in [0.25, 0.3) is 5.69 Å². The zero-order valence-electron chi connectivity index (χ0n) is 13.8. The number of aliphatic hydroxyl groups is 1. The Kier molecular flexibility index (Phi) is 4.48. The lowest BCUT2D eigenvalue weighted by Crippen LogP contribution is -2.58. The summed E-state index contributed by atoms with van der Waals surface area (Å²) < 4.78 is 5.71. The van der Waals surface area contributed by atoms with Gasteiger partial charge in [-0.15, -0.1) is 0 Å². The number of fused-ring (bicyclic) bond motifs is 1. The van der Waals surface area contributed by atoms with Crippen LogP contribution in [0.15, 0.2) is 18.2 Å². The molecule has 130 valence electrons. The standard InChI is InChI=1S/C15H19N3O6/c1-8(19)16-17(9(2)20)13-11-7-10(18(22)23)5-6-12(11)24-15(3,4)14(13)21/h5-7,13-14,21H,1-4H3,(H,16,19)/t13-,14+/m1/s1. The Bertz CT molecular complexity index is 702. The zero-order valence-corrected chi connectivity index (χ0v) is 13.8. The van der Waals surface area contributed by atoms with Crippen molar-refractivity contribution in [3.8, 4) is 5.75 Å². The van der Waals surface area contributed by atoms with E-state index in [1.165, 1.54) is 32.0 Å². The number of carbonyl (C=O) groups excluding carboxylic acids is 2. The maximum Gasteiger partial charge on any atom is 0.270 e. The van der Waals surface area contributed by atoms with Gasteiger partial charge >= 0.3 is 0 Å². The average molecular weight is 337 g/mol. The van der Waals surface area contributed by atoms with Crippen molar-refractivity contribution in [3.63, 3.8) is 0 Å². The number of nitrogens with one attached hydrogen (secondary N) is 1. The van der Waals surface area contributed by atoms with E-state index < -0.39 is 34.5 Å². The van der Waals surface area contributed by atoms with Gasteiger partial charge in [-0.05, 0) is 19.9 Å². The fourth-order valence-corrected chi connectivity index (χ4v) is 2.66. The van der Waals surface area contributed by atoms with Gasteiger partial charge in [0.15, 0.2) is 0 Å². The Morgan fingerprint density at radius 3 is 2.50 bits per heavy atom. The molecule has 0 spiro atoms. The summed E-state index contributed by atoms with van der Waals surface area (Å²) in [5.41, 5.74) is 1.34. The summed E-state index contributed by atoms with van der Waals surface area (Å²) in [5, 5.41) is 22.7. The highest BCUT2D eigenvalue weighted by atomic mass is 16.6. The molecule has 1 aromatic rings. The lowest BCUT2D eigenvalue weighted by atomic mass is 9.86. The first kappa shape index (κ1) is 17.7. The average Bonchev–Trinajstić information content (AvgIpc) is 2.45. The molecule has 9 nitrogen and oxygen atoms in total. The summed E-state index contributed by atoms with van der Waals surface area (Å²) in [5.74, 6) is -0.726. The van der Waals surface area contributed by atoms with Crippen molar-refractivity contribution >= 4 is 17.5 Å². The van der Waals surface area contributed by atoms with Crippen molar-refractivity contribution < 1.29 is 24.4 Å². The summed E-state index contributed by atoms with van der Waals surface area (Å²) in [6.45, 7) is 5.70. The molecule has 1 aromatic carbocycles. The van der Waals surface area contributed by atoms with Gasteiger partial charge in [-0.25, -0.2) is 5.01 Å². The quantitative estimate of drug-likeness (QED) is 0.615. The minimum atomic E-state index is -1.22. The number of hydrazine groups is 1. The minimum absolute atomic E-state index is 0.208. The molecule has 0 saturated carbocycles. The van der Waals surface area contributed by atoms with Crippen LogP contribution in [0.5, 0.6) is 5.75 Å². The van der Waals surface area contributed by atoms with Crippen molar-refractivity contribution in [2.45, 2.75) is 45.4 Å². The van der Waals surface area contributed by atoms with E-state index in [0.29, 0.717) is 5.75 Å². The first-order valence-corrected chi connectivity index (χ1v) is 7.27. The van der Waals surface area contributed by atoms with Crippen LogP contribution in [-0.2, 0) is 9.59 Å². The van der Waals surface area contributed by atoms with Crippen molar-refractivity contribution in [3.05, 3.63) is 33.9 Å². The Morgan fingerprint density at radius 2 is 2.00 bits per heavy atom. The smallest absolute Gasteiger partial charge is 0.270 e. The Hall–Kier alpha value is -2.68. The van der Waals surface area contributed by atoms with E-state index in [1.807, 2.05) is 0 Å². The number of benzene rings is 1. The summed E-state index contributed by atoms with van der Waals surface area (Å²) in [6, 6.07) is 2.90. The molecule has 9 heteroatoms. The van der Waals surface area contributed by atoms with Crippen LogP contribution in [0.2, 0.25) is 0 Å². The highest BCUT2D eigenvalue weighted by Gasteiger charge is 2.47. The molecule has 2 atom stereocenters. The highest BCUT2D eigenvalue weighted by molar-refractivity contribution is 5.80. The summed E-state index contributed by atoms with van der Waals surface area (Å²) in [7, 11) is 0. The molecular weight excluding hydrogens is 318 g/mol. The Balaban J connectivity index is 2.63. The number of aliphatic hydroxyl groups excluding tert-OH is 1. The van der Waals surface area contributed by atoms with Gasteiger partial charge < -0.3 is 9.84 Å². The lowest BCUT2D eigenvalue weighted by Gasteiger charge is -2.45. The molecule has 2 N–H and O–H groups in total. The number of carbonyl (C=O) groups is 2. The number of nitro benzene ring substituents is 1. The summed E-state index contributed by atoms with van der Waals surface area (Å²) >= 11 is 0. The maximum absolute atomic E-state index is 12.0. The van der Waals surface area contributed by atoms with Crippen molar-refractivity contribution in [1.82, 2.24) is 10.4 Å². The zero-order chi connectivity index (χ0) is 18.2. The third-order valence-electron chi connectivity index (χ3n) is 3.80. The van der Waals surface area contributed by atoms with E-state index in [9.17, 15) is 24.8 Å². The van der Waals surface area contributed by atoms with E-state index in [1.54, 1.807) is 13.8 Å². The first-order valence-electron chi connectivity index (χ1n) is 7.27. The van der Waals surface area contributed by atoms with Crippen LogP contribution in [0.3, 0.4) is 0 Å². The highest BCUT2D eigenvalue weighted by Crippen LogP contribution is 2.43. The van der Waals surface area contributed by atoms with Gasteiger partial charge in [-0.3, -0.25) is 25.1 Å². The van der Waals surface area contributed by atoms with E-state index in [0.717, 1.165) is 5.01 Å². The van der Waals surface area contributed by atoms with Crippen LogP contribution in [0.1, 0.15) is 39.3 Å². The Labute approximate surface area is 138 Å². The molecule has 0 fully saturated rings. The number of ether oxygens (including phenoxy) is 1. The number of nitrogens with zero attached hydrogens (tertiary/aromatic N) is 2. The van der Waals surface area contributed by atoms with E-state index in [4.69, 9.17) is 4.74 Å². The second-order valence-corrected chi connectivity index (χ2v) is 6.13. The van der Waals surface area contributed by atoms with Gasteiger partial charge in [0.05, 0.1) is 4.92 Å². The maximum atomic E-state index is 12.0. The molecule has 0 aromatic heterocycles. The largest absolute Gasteiger partial charge is 0.485 e. The molecule has 1 aliphatic heterocycles. The second-order valence-electron chi connectivity index (χ2n) is 6.13. The van der Waals surface area contributed by atoms with Crippen LogP contribution in [0.4, 0.5) is 5.69 Å². The molecule has 0 radical (unpaired) electrons. The molecule has 24 heavy (non-hydrogen) atoms. The second kappa shape index (κ2) is 6.08. The van der Waals surface area contributed by atoms with Gasteiger partial charge in [0.1, 0.15) is 23.5 Å². The fourth-order valence-electron chi connectivity index (χ4n) is 2.66. The number of non-ortho nitro benzene ring substituents is 1. The minimum Gasteiger partial charge on any atom is -0.485 e. The lowest BCUT2D eigenvalue weighted by molar-refractivity contribution is -0.385. The first-order chi connectivity index (χ1) is 11.0. The van der Waals surface area contributed by atoms with Crippen LogP contribution < -0.4 is 10.2 Å². The SMILES string of the molecule is CC(=O)NN(C(C)=O)[C@@H]1c2cc([N+](=O)[O-])ccc2OC(C)(C)[C@H]1O.